The first-order valence-electron chi connectivity index (χ1n) is 4.33. The average Bonchev–Trinajstić information content (AvgIpc) is 2.54. The van der Waals surface area contributed by atoms with Gasteiger partial charge in [-0.2, -0.15) is 0 Å². The highest BCUT2D eigenvalue weighted by Crippen LogP contribution is 2.21. The number of aromatic amines is 1. The maximum atomic E-state index is 8.82. The van der Waals surface area contributed by atoms with Crippen LogP contribution in [-0.4, -0.2) is 37.8 Å². The third-order valence-corrected chi connectivity index (χ3v) is 1.88. The van der Waals surface area contributed by atoms with E-state index in [2.05, 4.69) is 20.6 Å². The number of H-pyrrole nitrogens is 1. The van der Waals surface area contributed by atoms with E-state index in [1.807, 2.05) is 6.92 Å². The van der Waals surface area contributed by atoms with Crippen molar-refractivity contribution in [3.63, 3.8) is 0 Å². The van der Waals surface area contributed by atoms with E-state index in [4.69, 9.17) is 10.0 Å². The summed E-state index contributed by atoms with van der Waals surface area (Å²) >= 11 is 0. The van der Waals surface area contributed by atoms with Crippen LogP contribution >= 0.6 is 0 Å². The van der Waals surface area contributed by atoms with Crippen LogP contribution in [0.1, 0.15) is 31.5 Å². The predicted molar refractivity (Wildman–Crippen MR) is 46.8 cm³/mol. The first-order chi connectivity index (χ1) is 6.24. The molecule has 1 aromatic heterocycles. The van der Waals surface area contributed by atoms with E-state index in [0.29, 0.717) is 5.82 Å². The van der Waals surface area contributed by atoms with E-state index in [9.17, 15) is 0 Å². The number of tetrazole rings is 1. The number of nitrogens with zero attached hydrogens (tertiary/aromatic N) is 3. The van der Waals surface area contributed by atoms with Crippen molar-refractivity contribution in [1.82, 2.24) is 20.6 Å². The largest absolute Gasteiger partial charge is 0.452 e. The Morgan fingerprint density at radius 1 is 1.54 bits per heavy atom. The molecule has 72 valence electrons. The van der Waals surface area contributed by atoms with Crippen LogP contribution in [0.25, 0.3) is 0 Å². The lowest BCUT2D eigenvalue weighted by Gasteiger charge is -2.10. The van der Waals surface area contributed by atoms with Crippen LogP contribution in [0.3, 0.4) is 0 Å². The van der Waals surface area contributed by atoms with Crippen molar-refractivity contribution in [2.24, 2.45) is 0 Å². The zero-order valence-electron chi connectivity index (χ0n) is 7.51. The molecule has 0 saturated heterocycles. The quantitative estimate of drug-likeness (QED) is 0.539. The maximum absolute atomic E-state index is 8.82. The molecule has 1 heterocycles. The highest BCUT2D eigenvalue weighted by molar-refractivity contribution is 6.41. The van der Waals surface area contributed by atoms with Crippen LogP contribution in [0.4, 0.5) is 0 Å². The van der Waals surface area contributed by atoms with E-state index in [1.165, 1.54) is 0 Å². The normalized spacial score (nSPS) is 12.8. The summed E-state index contributed by atoms with van der Waals surface area (Å²) < 4.78 is 0. The van der Waals surface area contributed by atoms with Gasteiger partial charge >= 0.3 is 7.12 Å². The first kappa shape index (κ1) is 10.1. The molecule has 0 fully saturated rings. The topological polar surface area (TPSA) is 94.9 Å². The van der Waals surface area contributed by atoms with E-state index in [1.54, 1.807) is 0 Å². The maximum Gasteiger partial charge on any atom is 0.452 e. The molecular weight excluding hydrogens is 171 g/mol. The molecule has 1 unspecified atom stereocenters. The Morgan fingerprint density at radius 3 is 2.77 bits per heavy atom. The fraction of sp³-hybridized carbons (Fsp3) is 0.833. The zero-order valence-corrected chi connectivity index (χ0v) is 7.51. The monoisotopic (exact) mass is 184 g/mol. The number of nitrogens with one attached hydrogen (secondary N) is 1. The molecule has 13 heavy (non-hydrogen) atoms. The van der Waals surface area contributed by atoms with Crippen molar-refractivity contribution in [3.8, 4) is 0 Å². The molecule has 7 heteroatoms. The molecule has 0 saturated carbocycles. The van der Waals surface area contributed by atoms with Crippen LogP contribution in [-0.2, 0) is 0 Å². The summed E-state index contributed by atoms with van der Waals surface area (Å²) in [7, 11) is -1.30. The summed E-state index contributed by atoms with van der Waals surface area (Å²) in [6, 6.07) is 0. The second-order valence-corrected chi connectivity index (χ2v) is 2.99. The molecule has 0 amide bonds. The standard InChI is InChI=1S/C6H13BN4O2/c1-2-3-5(4-7(12)13)6-8-10-11-9-6/h5,12-13H,2-4H2,1H3,(H,8,9,10,11). The van der Waals surface area contributed by atoms with E-state index in [0.717, 1.165) is 12.8 Å². The Kier molecular flexibility index (Phi) is 3.85. The molecule has 0 aromatic carbocycles. The Morgan fingerprint density at radius 2 is 2.31 bits per heavy atom. The molecule has 0 aliphatic carbocycles. The summed E-state index contributed by atoms with van der Waals surface area (Å²) in [5.41, 5.74) is 0. The fourth-order valence-corrected chi connectivity index (χ4v) is 1.31. The van der Waals surface area contributed by atoms with Crippen molar-refractivity contribution in [3.05, 3.63) is 5.82 Å². The van der Waals surface area contributed by atoms with Gasteiger partial charge in [0.05, 0.1) is 0 Å². The number of aromatic nitrogens is 4. The Labute approximate surface area is 76.5 Å². The van der Waals surface area contributed by atoms with E-state index in [-0.39, 0.29) is 12.2 Å². The van der Waals surface area contributed by atoms with Crippen molar-refractivity contribution in [2.45, 2.75) is 32.0 Å². The van der Waals surface area contributed by atoms with Gasteiger partial charge in [0.25, 0.3) is 0 Å². The predicted octanol–water partition coefficient (Wildman–Crippen LogP) is -0.444. The molecule has 0 aliphatic rings. The van der Waals surface area contributed by atoms with Crippen LogP contribution in [0, 0.1) is 0 Å². The van der Waals surface area contributed by atoms with Gasteiger partial charge in [-0.1, -0.05) is 13.3 Å². The summed E-state index contributed by atoms with van der Waals surface area (Å²) in [6.45, 7) is 2.03. The van der Waals surface area contributed by atoms with Gasteiger partial charge < -0.3 is 10.0 Å². The highest BCUT2D eigenvalue weighted by atomic mass is 16.4. The smallest absolute Gasteiger partial charge is 0.427 e. The number of rotatable bonds is 5. The molecule has 0 bridgehead atoms. The Bertz CT molecular complexity index is 229. The van der Waals surface area contributed by atoms with Gasteiger partial charge in [0, 0.05) is 5.92 Å². The van der Waals surface area contributed by atoms with E-state index >= 15 is 0 Å². The van der Waals surface area contributed by atoms with Gasteiger partial charge in [-0.15, -0.1) is 5.10 Å². The van der Waals surface area contributed by atoms with Gasteiger partial charge in [0.1, 0.15) is 0 Å². The molecule has 0 aliphatic heterocycles. The summed E-state index contributed by atoms with van der Waals surface area (Å²) in [5, 5.41) is 30.9. The molecule has 1 rings (SSSR count). The molecule has 1 atom stereocenters. The molecular formula is C6H13BN4O2. The second-order valence-electron chi connectivity index (χ2n) is 2.99. The molecule has 3 N–H and O–H groups in total. The SMILES string of the molecule is CCCC(CB(O)O)c1nnn[nH]1. The van der Waals surface area contributed by atoms with Crippen LogP contribution in [0.5, 0.6) is 0 Å². The Balaban J connectivity index is 2.57. The fourth-order valence-electron chi connectivity index (χ4n) is 1.31. The molecule has 1 aromatic rings. The van der Waals surface area contributed by atoms with Crippen LogP contribution < -0.4 is 0 Å². The lowest BCUT2D eigenvalue weighted by Crippen LogP contribution is -2.16. The van der Waals surface area contributed by atoms with Crippen molar-refractivity contribution in [1.29, 1.82) is 0 Å². The molecule has 0 spiro atoms. The third-order valence-electron chi connectivity index (χ3n) is 1.88. The van der Waals surface area contributed by atoms with Gasteiger partial charge in [-0.3, -0.25) is 0 Å². The van der Waals surface area contributed by atoms with Gasteiger partial charge in [-0.05, 0) is 23.2 Å². The lowest BCUT2D eigenvalue weighted by molar-refractivity contribution is 0.394. The van der Waals surface area contributed by atoms with Gasteiger partial charge in [0.2, 0.25) is 0 Å². The zero-order chi connectivity index (χ0) is 9.68. The summed E-state index contributed by atoms with van der Waals surface area (Å²) in [5.74, 6) is 0.620. The first-order valence-corrected chi connectivity index (χ1v) is 4.33. The number of hydrogen-bond donors (Lipinski definition) is 3. The van der Waals surface area contributed by atoms with Crippen LogP contribution in [0.15, 0.2) is 0 Å². The Hall–Kier alpha value is -0.945. The van der Waals surface area contributed by atoms with Crippen molar-refractivity contribution in [2.75, 3.05) is 0 Å². The minimum absolute atomic E-state index is 0.000000000000000222. The minimum Gasteiger partial charge on any atom is -0.427 e. The molecule has 6 nitrogen and oxygen atoms in total. The lowest BCUT2D eigenvalue weighted by atomic mass is 9.76. The average molecular weight is 184 g/mol. The summed E-state index contributed by atoms with van der Waals surface area (Å²) in [6.07, 6.45) is 2.07. The van der Waals surface area contributed by atoms with Crippen molar-refractivity contribution >= 4 is 7.12 Å². The second kappa shape index (κ2) is 4.93. The van der Waals surface area contributed by atoms with Crippen molar-refractivity contribution < 1.29 is 10.0 Å². The van der Waals surface area contributed by atoms with Crippen LogP contribution in [0.2, 0.25) is 6.32 Å². The highest BCUT2D eigenvalue weighted by Gasteiger charge is 2.20. The summed E-state index contributed by atoms with van der Waals surface area (Å²) in [4.78, 5) is 0. The third kappa shape index (κ3) is 3.12. The van der Waals surface area contributed by atoms with E-state index < -0.39 is 7.12 Å². The van der Waals surface area contributed by atoms with Gasteiger partial charge in [-0.25, -0.2) is 5.10 Å². The van der Waals surface area contributed by atoms with Gasteiger partial charge in [0.15, 0.2) is 5.82 Å². The number of hydrogen-bond acceptors (Lipinski definition) is 5. The minimum atomic E-state index is -1.30. The molecule has 0 radical (unpaired) electrons.